The Labute approximate surface area is 165 Å². The van der Waals surface area contributed by atoms with Crippen molar-refractivity contribution < 1.29 is 8.42 Å². The van der Waals surface area contributed by atoms with Gasteiger partial charge in [-0.05, 0) is 47.6 Å². The van der Waals surface area contributed by atoms with E-state index in [4.69, 9.17) is 0 Å². The van der Waals surface area contributed by atoms with Crippen molar-refractivity contribution in [1.29, 1.82) is 0 Å². The number of hydrogen-bond acceptors (Lipinski definition) is 4. The quantitative estimate of drug-likeness (QED) is 0.384. The van der Waals surface area contributed by atoms with Crippen molar-refractivity contribution in [1.82, 2.24) is 10.6 Å². The average molecular weight is 483 g/mol. The lowest BCUT2D eigenvalue weighted by atomic mass is 10.1. The first-order valence-corrected chi connectivity index (χ1v) is 11.1. The van der Waals surface area contributed by atoms with Crippen molar-refractivity contribution in [3.05, 3.63) is 22.4 Å². The van der Waals surface area contributed by atoms with Gasteiger partial charge in [0.25, 0.3) is 0 Å². The lowest BCUT2D eigenvalue weighted by Crippen LogP contribution is -2.44. The van der Waals surface area contributed by atoms with Crippen molar-refractivity contribution in [2.45, 2.75) is 44.7 Å². The highest BCUT2D eigenvalue weighted by Crippen LogP contribution is 2.19. The van der Waals surface area contributed by atoms with E-state index in [0.29, 0.717) is 30.6 Å². The van der Waals surface area contributed by atoms with Crippen LogP contribution in [0.25, 0.3) is 0 Å². The lowest BCUT2D eigenvalue weighted by Gasteiger charge is -2.19. The molecule has 0 spiro atoms. The monoisotopic (exact) mass is 483 g/mol. The van der Waals surface area contributed by atoms with Gasteiger partial charge in [0.05, 0.1) is 18.1 Å². The molecular formula is C16H26IN3O2S2. The molecular weight excluding hydrogens is 457 g/mol. The molecule has 1 saturated heterocycles. The molecule has 0 bridgehead atoms. The molecule has 1 aromatic heterocycles. The number of aliphatic imine (C=N–C) groups is 1. The second-order valence-corrected chi connectivity index (χ2v) is 9.58. The first-order chi connectivity index (χ1) is 11.1. The average Bonchev–Trinajstić information content (AvgIpc) is 3.24. The number of hydrogen-bond donors (Lipinski definition) is 2. The van der Waals surface area contributed by atoms with Crippen molar-refractivity contribution in [3.63, 3.8) is 0 Å². The summed E-state index contributed by atoms with van der Waals surface area (Å²) < 4.78 is 23.1. The maximum atomic E-state index is 11.6. The fraction of sp³-hybridized carbons (Fsp3) is 0.688. The van der Waals surface area contributed by atoms with Gasteiger partial charge < -0.3 is 10.6 Å². The van der Waals surface area contributed by atoms with E-state index in [1.807, 2.05) is 0 Å². The van der Waals surface area contributed by atoms with Gasteiger partial charge in [-0.3, -0.25) is 0 Å². The molecule has 1 unspecified atom stereocenters. The van der Waals surface area contributed by atoms with E-state index < -0.39 is 9.84 Å². The summed E-state index contributed by atoms with van der Waals surface area (Å²) in [5.41, 5.74) is 1.21. The lowest BCUT2D eigenvalue weighted by molar-refractivity contribution is 0.553. The smallest absolute Gasteiger partial charge is 0.191 e. The summed E-state index contributed by atoms with van der Waals surface area (Å²) in [5, 5.41) is 11.1. The van der Waals surface area contributed by atoms with Crippen molar-refractivity contribution in [3.8, 4) is 0 Å². The predicted molar refractivity (Wildman–Crippen MR) is 111 cm³/mol. The van der Waals surface area contributed by atoms with Gasteiger partial charge in [0.2, 0.25) is 0 Å². The van der Waals surface area contributed by atoms with Gasteiger partial charge in [-0.25, -0.2) is 13.4 Å². The number of nitrogens with one attached hydrogen (secondary N) is 2. The molecule has 2 aliphatic rings. The highest BCUT2D eigenvalue weighted by Gasteiger charge is 2.28. The Balaban J connectivity index is 0.00000208. The van der Waals surface area contributed by atoms with Crippen LogP contribution in [0.1, 0.15) is 37.7 Å². The topological polar surface area (TPSA) is 70.6 Å². The molecule has 0 radical (unpaired) electrons. The largest absolute Gasteiger partial charge is 0.356 e. The van der Waals surface area contributed by atoms with Crippen LogP contribution in [0.5, 0.6) is 0 Å². The molecule has 136 valence electrons. The van der Waals surface area contributed by atoms with E-state index in [9.17, 15) is 8.42 Å². The van der Waals surface area contributed by atoms with Gasteiger partial charge in [0.1, 0.15) is 0 Å². The maximum Gasteiger partial charge on any atom is 0.191 e. The molecule has 2 N–H and O–H groups in total. The van der Waals surface area contributed by atoms with E-state index in [1.54, 1.807) is 11.3 Å². The summed E-state index contributed by atoms with van der Waals surface area (Å²) >= 11 is 1.68. The standard InChI is InChI=1S/C16H25N3O2S2.HI/c20-23(21)8-6-14(12-23)10-18-16(19-15-3-1-2-4-15)17-9-13-5-7-22-11-13;/h5,7,11,14-15H,1-4,6,8-10,12H2,(H2,17,18,19);1H. The fourth-order valence-corrected chi connectivity index (χ4v) is 5.76. The van der Waals surface area contributed by atoms with Crippen molar-refractivity contribution in [2.24, 2.45) is 10.9 Å². The van der Waals surface area contributed by atoms with Crippen molar-refractivity contribution >= 4 is 51.1 Å². The fourth-order valence-electron chi connectivity index (χ4n) is 3.24. The Morgan fingerprint density at radius 1 is 1.29 bits per heavy atom. The van der Waals surface area contributed by atoms with Crippen LogP contribution in [0.15, 0.2) is 21.8 Å². The highest BCUT2D eigenvalue weighted by molar-refractivity contribution is 14.0. The summed E-state index contributed by atoms with van der Waals surface area (Å²) in [5.74, 6) is 1.67. The number of rotatable bonds is 5. The molecule has 24 heavy (non-hydrogen) atoms. The maximum absolute atomic E-state index is 11.6. The Morgan fingerprint density at radius 3 is 2.71 bits per heavy atom. The number of nitrogens with zero attached hydrogens (tertiary/aromatic N) is 1. The molecule has 8 heteroatoms. The minimum absolute atomic E-state index is 0. The van der Waals surface area contributed by atoms with E-state index >= 15 is 0 Å². The predicted octanol–water partition coefficient (Wildman–Crippen LogP) is 2.78. The van der Waals surface area contributed by atoms with Crippen LogP contribution in [-0.2, 0) is 16.4 Å². The molecule has 2 fully saturated rings. The van der Waals surface area contributed by atoms with Crippen LogP contribution in [0.4, 0.5) is 0 Å². The van der Waals surface area contributed by atoms with Gasteiger partial charge in [0.15, 0.2) is 15.8 Å². The van der Waals surface area contributed by atoms with Crippen molar-refractivity contribution in [2.75, 3.05) is 18.1 Å². The van der Waals surface area contributed by atoms with Gasteiger partial charge in [-0.2, -0.15) is 11.3 Å². The van der Waals surface area contributed by atoms with E-state index in [0.717, 1.165) is 12.4 Å². The van der Waals surface area contributed by atoms with Crippen LogP contribution >= 0.6 is 35.3 Å². The van der Waals surface area contributed by atoms with Gasteiger partial charge in [-0.15, -0.1) is 24.0 Å². The summed E-state index contributed by atoms with van der Waals surface area (Å²) in [4.78, 5) is 4.68. The molecule has 0 aromatic carbocycles. The second kappa shape index (κ2) is 9.38. The molecule has 5 nitrogen and oxygen atoms in total. The third-order valence-corrected chi connectivity index (χ3v) is 7.15. The molecule has 0 amide bonds. The van der Waals surface area contributed by atoms with Crippen LogP contribution in [0, 0.1) is 5.92 Å². The Kier molecular flexibility index (Phi) is 7.80. The summed E-state index contributed by atoms with van der Waals surface area (Å²) in [6.45, 7) is 1.34. The molecule has 3 rings (SSSR count). The number of sulfone groups is 1. The normalized spacial score (nSPS) is 23.8. The van der Waals surface area contributed by atoms with Gasteiger partial charge in [-0.1, -0.05) is 12.8 Å². The van der Waals surface area contributed by atoms with Gasteiger partial charge >= 0.3 is 0 Å². The Morgan fingerprint density at radius 2 is 2.08 bits per heavy atom. The first kappa shape index (κ1) is 20.0. The highest BCUT2D eigenvalue weighted by atomic mass is 127. The Hall–Kier alpha value is -0.350. The Bertz CT molecular complexity index is 626. The molecule has 1 atom stereocenters. The third-order valence-electron chi connectivity index (χ3n) is 4.58. The summed E-state index contributed by atoms with van der Waals surface area (Å²) in [6, 6.07) is 2.58. The van der Waals surface area contributed by atoms with E-state index in [1.165, 1.54) is 31.2 Å². The zero-order valence-electron chi connectivity index (χ0n) is 13.7. The first-order valence-electron chi connectivity index (χ1n) is 8.37. The number of halogens is 1. The molecule has 1 aliphatic heterocycles. The molecule has 2 heterocycles. The summed E-state index contributed by atoms with van der Waals surface area (Å²) in [7, 11) is -2.81. The SMILES string of the molecule is I.O=S1(=O)CCC(CNC(=NCc2ccsc2)NC2CCCC2)C1. The van der Waals surface area contributed by atoms with Crippen LogP contribution in [0.2, 0.25) is 0 Å². The minimum Gasteiger partial charge on any atom is -0.356 e. The van der Waals surface area contributed by atoms with Gasteiger partial charge in [0, 0.05) is 12.6 Å². The van der Waals surface area contributed by atoms with Crippen LogP contribution in [0.3, 0.4) is 0 Å². The second-order valence-electron chi connectivity index (χ2n) is 6.57. The number of guanidine groups is 1. The minimum atomic E-state index is -2.81. The molecule has 1 aliphatic carbocycles. The van der Waals surface area contributed by atoms with Crippen LogP contribution in [-0.4, -0.2) is 38.5 Å². The van der Waals surface area contributed by atoms with E-state index in [-0.39, 0.29) is 29.9 Å². The molecule has 1 aromatic rings. The number of thiophene rings is 1. The third kappa shape index (κ3) is 6.18. The zero-order valence-corrected chi connectivity index (χ0v) is 17.7. The summed E-state index contributed by atoms with van der Waals surface area (Å²) in [6.07, 6.45) is 5.69. The van der Waals surface area contributed by atoms with E-state index in [2.05, 4.69) is 32.5 Å². The van der Waals surface area contributed by atoms with Crippen LogP contribution < -0.4 is 10.6 Å². The zero-order chi connectivity index (χ0) is 16.1. The molecule has 1 saturated carbocycles.